The van der Waals surface area contributed by atoms with E-state index >= 15 is 0 Å². The minimum atomic E-state index is -0.191. The van der Waals surface area contributed by atoms with Crippen LogP contribution in [0.1, 0.15) is 22.4 Å². The van der Waals surface area contributed by atoms with Crippen molar-refractivity contribution >= 4 is 11.6 Å². The number of aliphatic hydroxyl groups excluding tert-OH is 1. The van der Waals surface area contributed by atoms with Gasteiger partial charge < -0.3 is 5.11 Å². The lowest BCUT2D eigenvalue weighted by Gasteiger charge is -2.16. The molecule has 2 aromatic carbocycles. The molecule has 1 heterocycles. The Bertz CT molecular complexity index is 1070. The first kappa shape index (κ1) is 18.8. The van der Waals surface area contributed by atoms with E-state index in [1.807, 2.05) is 18.2 Å². The van der Waals surface area contributed by atoms with E-state index in [-0.39, 0.29) is 25.1 Å². The van der Waals surface area contributed by atoms with Crippen molar-refractivity contribution in [2.45, 2.75) is 19.9 Å². The number of hydrogen-bond acceptors (Lipinski definition) is 4. The van der Waals surface area contributed by atoms with Gasteiger partial charge in [0.1, 0.15) is 5.82 Å². The maximum absolute atomic E-state index is 13.1. The number of aliphatic hydroxyl groups is 1. The molecule has 3 aromatic rings. The third-order valence-electron chi connectivity index (χ3n) is 4.33. The van der Waals surface area contributed by atoms with E-state index in [1.54, 1.807) is 41.8 Å². The lowest BCUT2D eigenvalue weighted by Crippen LogP contribution is -2.29. The Hall–Kier alpha value is -2.94. The second kappa shape index (κ2) is 8.17. The Morgan fingerprint density at radius 1 is 1.22 bits per heavy atom. The first-order chi connectivity index (χ1) is 13.0. The van der Waals surface area contributed by atoms with Crippen molar-refractivity contribution in [3.8, 4) is 17.5 Å². The normalized spacial score (nSPS) is 10.6. The topological polar surface area (TPSA) is 78.9 Å². The van der Waals surface area contributed by atoms with Crippen LogP contribution in [-0.2, 0) is 13.0 Å². The number of halogens is 1. The van der Waals surface area contributed by atoms with Crippen LogP contribution < -0.4 is 5.56 Å². The van der Waals surface area contributed by atoms with Crippen LogP contribution in [0.2, 0.25) is 5.02 Å². The van der Waals surface area contributed by atoms with Gasteiger partial charge in [0, 0.05) is 34.9 Å². The standard InChI is InChI=1S/C21H18ClN3O2/c1-14-19(9-10-26)21(27)25(13-16-4-2-3-15(11-16)12-23)20(24-14)17-5-7-18(22)8-6-17/h2-8,11,26H,9-10,13H2,1H3. The molecule has 0 aliphatic carbocycles. The highest BCUT2D eigenvalue weighted by atomic mass is 35.5. The molecule has 0 saturated carbocycles. The van der Waals surface area contributed by atoms with Gasteiger partial charge in [0.25, 0.3) is 5.56 Å². The van der Waals surface area contributed by atoms with Crippen LogP contribution in [0.5, 0.6) is 0 Å². The molecule has 0 spiro atoms. The lowest BCUT2D eigenvalue weighted by atomic mass is 10.1. The fourth-order valence-corrected chi connectivity index (χ4v) is 3.11. The van der Waals surface area contributed by atoms with Crippen molar-refractivity contribution in [3.63, 3.8) is 0 Å². The number of rotatable bonds is 5. The minimum Gasteiger partial charge on any atom is -0.396 e. The Kier molecular flexibility index (Phi) is 5.70. The van der Waals surface area contributed by atoms with Gasteiger partial charge in [-0.25, -0.2) is 4.98 Å². The molecule has 0 fully saturated rings. The molecular weight excluding hydrogens is 362 g/mol. The van der Waals surface area contributed by atoms with Crippen LogP contribution in [0.25, 0.3) is 11.4 Å². The zero-order valence-corrected chi connectivity index (χ0v) is 15.6. The molecule has 0 atom stereocenters. The Balaban J connectivity index is 2.19. The molecule has 6 heteroatoms. The average Bonchev–Trinajstić information content (AvgIpc) is 2.68. The molecular formula is C21H18ClN3O2. The first-order valence-electron chi connectivity index (χ1n) is 8.49. The van der Waals surface area contributed by atoms with Crippen LogP contribution in [-0.4, -0.2) is 21.3 Å². The van der Waals surface area contributed by atoms with Gasteiger partial charge in [-0.3, -0.25) is 9.36 Å². The average molecular weight is 380 g/mol. The van der Waals surface area contributed by atoms with Crippen LogP contribution in [0, 0.1) is 18.3 Å². The molecule has 1 N–H and O–H groups in total. The summed E-state index contributed by atoms with van der Waals surface area (Å²) >= 11 is 5.98. The van der Waals surface area contributed by atoms with E-state index in [0.29, 0.717) is 27.7 Å². The van der Waals surface area contributed by atoms with E-state index in [9.17, 15) is 9.90 Å². The maximum atomic E-state index is 13.1. The van der Waals surface area contributed by atoms with Gasteiger partial charge in [0.2, 0.25) is 0 Å². The summed E-state index contributed by atoms with van der Waals surface area (Å²) in [4.78, 5) is 17.8. The second-order valence-electron chi connectivity index (χ2n) is 6.18. The van der Waals surface area contributed by atoms with E-state index in [2.05, 4.69) is 11.1 Å². The molecule has 0 radical (unpaired) electrons. The van der Waals surface area contributed by atoms with Gasteiger partial charge in [0.05, 0.1) is 18.2 Å². The molecule has 0 amide bonds. The first-order valence-corrected chi connectivity index (χ1v) is 8.87. The number of hydrogen-bond donors (Lipinski definition) is 1. The van der Waals surface area contributed by atoms with Crippen molar-refractivity contribution in [2.24, 2.45) is 0 Å². The van der Waals surface area contributed by atoms with Crippen LogP contribution in [0.15, 0.2) is 53.3 Å². The second-order valence-corrected chi connectivity index (χ2v) is 6.62. The largest absolute Gasteiger partial charge is 0.396 e. The van der Waals surface area contributed by atoms with Gasteiger partial charge >= 0.3 is 0 Å². The molecule has 5 nitrogen and oxygen atoms in total. The summed E-state index contributed by atoms with van der Waals surface area (Å²) in [5, 5.41) is 19.0. The smallest absolute Gasteiger partial charge is 0.257 e. The summed E-state index contributed by atoms with van der Waals surface area (Å²) in [7, 11) is 0. The summed E-state index contributed by atoms with van der Waals surface area (Å²) in [6.07, 6.45) is 0.247. The third-order valence-corrected chi connectivity index (χ3v) is 4.58. The van der Waals surface area contributed by atoms with Crippen molar-refractivity contribution in [2.75, 3.05) is 6.61 Å². The monoisotopic (exact) mass is 379 g/mol. The Morgan fingerprint density at radius 2 is 1.96 bits per heavy atom. The van der Waals surface area contributed by atoms with E-state index < -0.39 is 0 Å². The van der Waals surface area contributed by atoms with Crippen LogP contribution in [0.3, 0.4) is 0 Å². The molecule has 3 rings (SSSR count). The molecule has 0 aliphatic rings. The predicted molar refractivity (Wildman–Crippen MR) is 105 cm³/mol. The van der Waals surface area contributed by atoms with Gasteiger partial charge in [-0.2, -0.15) is 5.26 Å². The lowest BCUT2D eigenvalue weighted by molar-refractivity contribution is 0.298. The molecule has 0 unspecified atom stereocenters. The highest BCUT2D eigenvalue weighted by Crippen LogP contribution is 2.21. The Labute approximate surface area is 162 Å². The van der Waals surface area contributed by atoms with E-state index in [4.69, 9.17) is 16.9 Å². The number of aromatic nitrogens is 2. The maximum Gasteiger partial charge on any atom is 0.257 e. The van der Waals surface area contributed by atoms with Crippen molar-refractivity contribution in [1.82, 2.24) is 9.55 Å². The van der Waals surface area contributed by atoms with Gasteiger partial charge in [-0.15, -0.1) is 0 Å². The highest BCUT2D eigenvalue weighted by Gasteiger charge is 2.16. The van der Waals surface area contributed by atoms with Gasteiger partial charge in [-0.1, -0.05) is 23.7 Å². The molecule has 136 valence electrons. The highest BCUT2D eigenvalue weighted by molar-refractivity contribution is 6.30. The summed E-state index contributed by atoms with van der Waals surface area (Å²) in [5.74, 6) is 0.526. The van der Waals surface area contributed by atoms with Gasteiger partial charge in [-0.05, 0) is 48.9 Å². The summed E-state index contributed by atoms with van der Waals surface area (Å²) in [5.41, 5.74) is 3.03. The molecule has 27 heavy (non-hydrogen) atoms. The summed E-state index contributed by atoms with van der Waals surface area (Å²) < 4.78 is 1.58. The quantitative estimate of drug-likeness (QED) is 0.737. The number of aryl methyl sites for hydroxylation is 1. The fourth-order valence-electron chi connectivity index (χ4n) is 2.99. The fraction of sp³-hybridized carbons (Fsp3) is 0.190. The minimum absolute atomic E-state index is 0.123. The number of benzene rings is 2. The van der Waals surface area contributed by atoms with Crippen molar-refractivity contribution in [3.05, 3.63) is 86.3 Å². The SMILES string of the molecule is Cc1nc(-c2ccc(Cl)cc2)n(Cc2cccc(C#N)c2)c(=O)c1CCO. The molecule has 0 bridgehead atoms. The third kappa shape index (κ3) is 4.08. The number of nitrogens with zero attached hydrogens (tertiary/aromatic N) is 3. The zero-order valence-electron chi connectivity index (χ0n) is 14.8. The van der Waals surface area contributed by atoms with Gasteiger partial charge in [0.15, 0.2) is 0 Å². The molecule has 1 aromatic heterocycles. The van der Waals surface area contributed by atoms with Crippen LogP contribution in [0.4, 0.5) is 0 Å². The zero-order chi connectivity index (χ0) is 19.4. The Morgan fingerprint density at radius 3 is 2.63 bits per heavy atom. The number of nitriles is 1. The predicted octanol–water partition coefficient (Wildman–Crippen LogP) is 3.33. The summed E-state index contributed by atoms with van der Waals surface area (Å²) in [6.45, 7) is 1.92. The molecule has 0 saturated heterocycles. The van der Waals surface area contributed by atoms with E-state index in [0.717, 1.165) is 11.1 Å². The molecule has 0 aliphatic heterocycles. The van der Waals surface area contributed by atoms with E-state index in [1.165, 1.54) is 0 Å². The van der Waals surface area contributed by atoms with Crippen molar-refractivity contribution in [1.29, 1.82) is 5.26 Å². The summed E-state index contributed by atoms with van der Waals surface area (Å²) in [6, 6.07) is 16.4. The van der Waals surface area contributed by atoms with Crippen LogP contribution >= 0.6 is 11.6 Å². The van der Waals surface area contributed by atoms with Crippen molar-refractivity contribution < 1.29 is 5.11 Å².